The minimum Gasteiger partial charge on any atom is -0.466 e. The summed E-state index contributed by atoms with van der Waals surface area (Å²) in [6.07, 6.45) is 5.47. The maximum atomic E-state index is 6.00. The maximum Gasteiger partial charge on any atom is 0.135 e. The van der Waals surface area contributed by atoms with Crippen LogP contribution in [0.15, 0.2) is 21.2 Å². The van der Waals surface area contributed by atoms with Crippen molar-refractivity contribution >= 4 is 15.9 Å². The van der Waals surface area contributed by atoms with Crippen molar-refractivity contribution in [2.75, 3.05) is 13.1 Å². The van der Waals surface area contributed by atoms with E-state index in [1.165, 1.54) is 19.3 Å². The van der Waals surface area contributed by atoms with Crippen molar-refractivity contribution in [2.45, 2.75) is 45.2 Å². The van der Waals surface area contributed by atoms with Crippen LogP contribution in [-0.2, 0) is 0 Å². The first kappa shape index (κ1) is 14.1. The molecule has 0 radical (unpaired) electrons. The molecule has 1 aliphatic rings. The van der Waals surface area contributed by atoms with Gasteiger partial charge in [-0.3, -0.25) is 4.90 Å². The lowest BCUT2D eigenvalue weighted by Crippen LogP contribution is -2.39. The standard InChI is InChI=1S/C14H23BrN2O/c1-10(2)17-7-4-3-5-11(9-16)13(17)14-12(15)6-8-18-14/h6,8,10-11,13H,3-5,7,9,16H2,1-2H3. The topological polar surface area (TPSA) is 42.4 Å². The molecule has 0 saturated carbocycles. The minimum atomic E-state index is 0.307. The van der Waals surface area contributed by atoms with Gasteiger partial charge < -0.3 is 10.2 Å². The summed E-state index contributed by atoms with van der Waals surface area (Å²) in [4.78, 5) is 2.54. The molecular weight excluding hydrogens is 292 g/mol. The molecule has 1 fully saturated rings. The highest BCUT2D eigenvalue weighted by atomic mass is 79.9. The number of nitrogens with zero attached hydrogens (tertiary/aromatic N) is 1. The fourth-order valence-electron chi connectivity index (χ4n) is 2.98. The normalized spacial score (nSPS) is 26.5. The highest BCUT2D eigenvalue weighted by Crippen LogP contribution is 2.39. The third-order valence-electron chi connectivity index (χ3n) is 3.92. The van der Waals surface area contributed by atoms with Gasteiger partial charge in [0.25, 0.3) is 0 Å². The van der Waals surface area contributed by atoms with Gasteiger partial charge in [0.05, 0.1) is 16.8 Å². The lowest BCUT2D eigenvalue weighted by molar-refractivity contribution is 0.103. The Bertz CT molecular complexity index is 378. The number of hydrogen-bond donors (Lipinski definition) is 1. The van der Waals surface area contributed by atoms with E-state index in [0.29, 0.717) is 18.0 Å². The monoisotopic (exact) mass is 314 g/mol. The molecule has 0 amide bonds. The Morgan fingerprint density at radius 3 is 2.83 bits per heavy atom. The minimum absolute atomic E-state index is 0.307. The lowest BCUT2D eigenvalue weighted by Gasteiger charge is -2.36. The van der Waals surface area contributed by atoms with Gasteiger partial charge >= 0.3 is 0 Å². The molecule has 102 valence electrons. The van der Waals surface area contributed by atoms with Crippen LogP contribution in [-0.4, -0.2) is 24.0 Å². The SMILES string of the molecule is CC(C)N1CCCCC(CN)C1c1occc1Br. The summed E-state index contributed by atoms with van der Waals surface area (Å²) in [5.41, 5.74) is 6.00. The average Bonchev–Trinajstić information content (AvgIpc) is 2.64. The van der Waals surface area contributed by atoms with Gasteiger partial charge in [-0.25, -0.2) is 0 Å². The van der Waals surface area contributed by atoms with Crippen LogP contribution in [0.5, 0.6) is 0 Å². The summed E-state index contributed by atoms with van der Waals surface area (Å²) in [6, 6.07) is 2.80. The second-order valence-electron chi connectivity index (χ2n) is 5.40. The number of halogens is 1. The van der Waals surface area contributed by atoms with Crippen molar-refractivity contribution < 1.29 is 4.42 Å². The van der Waals surface area contributed by atoms with Gasteiger partial charge in [-0.05, 0) is 67.7 Å². The van der Waals surface area contributed by atoms with E-state index in [1.807, 2.05) is 6.07 Å². The predicted octanol–water partition coefficient (Wildman–Crippen LogP) is 3.55. The van der Waals surface area contributed by atoms with E-state index >= 15 is 0 Å². The van der Waals surface area contributed by atoms with Gasteiger partial charge in [-0.1, -0.05) is 6.42 Å². The van der Waals surface area contributed by atoms with Crippen molar-refractivity contribution in [3.63, 3.8) is 0 Å². The van der Waals surface area contributed by atoms with E-state index in [9.17, 15) is 0 Å². The van der Waals surface area contributed by atoms with E-state index in [-0.39, 0.29) is 0 Å². The molecule has 2 unspecified atom stereocenters. The van der Waals surface area contributed by atoms with Gasteiger partial charge in [0.1, 0.15) is 5.76 Å². The number of hydrogen-bond acceptors (Lipinski definition) is 3. The summed E-state index contributed by atoms with van der Waals surface area (Å²) in [5.74, 6) is 1.53. The molecule has 1 aromatic rings. The largest absolute Gasteiger partial charge is 0.466 e. The third-order valence-corrected chi connectivity index (χ3v) is 4.58. The molecule has 0 aliphatic carbocycles. The molecule has 0 aromatic carbocycles. The van der Waals surface area contributed by atoms with Gasteiger partial charge in [0, 0.05) is 6.04 Å². The second-order valence-corrected chi connectivity index (χ2v) is 6.26. The molecule has 2 N–H and O–H groups in total. The smallest absolute Gasteiger partial charge is 0.135 e. The average molecular weight is 315 g/mol. The Labute approximate surface area is 118 Å². The predicted molar refractivity (Wildman–Crippen MR) is 77.4 cm³/mol. The number of furan rings is 1. The summed E-state index contributed by atoms with van der Waals surface area (Å²) in [7, 11) is 0. The Hall–Kier alpha value is -0.320. The first-order valence-corrected chi connectivity index (χ1v) is 7.63. The highest BCUT2D eigenvalue weighted by Gasteiger charge is 2.34. The fourth-order valence-corrected chi connectivity index (χ4v) is 3.41. The summed E-state index contributed by atoms with van der Waals surface area (Å²) in [5, 5.41) is 0. The number of rotatable bonds is 3. The quantitative estimate of drug-likeness (QED) is 0.927. The summed E-state index contributed by atoms with van der Waals surface area (Å²) >= 11 is 3.60. The molecular formula is C14H23BrN2O. The number of likely N-dealkylation sites (tertiary alicyclic amines) is 1. The third kappa shape index (κ3) is 2.81. The maximum absolute atomic E-state index is 6.00. The molecule has 1 aromatic heterocycles. The Balaban J connectivity index is 2.35. The molecule has 2 rings (SSSR count). The van der Waals surface area contributed by atoms with E-state index < -0.39 is 0 Å². The molecule has 1 saturated heterocycles. The molecule has 0 bridgehead atoms. The Morgan fingerprint density at radius 2 is 2.28 bits per heavy atom. The summed E-state index contributed by atoms with van der Waals surface area (Å²) < 4.78 is 6.80. The Kier molecular flexibility index (Phi) is 4.87. The van der Waals surface area contributed by atoms with E-state index in [1.54, 1.807) is 6.26 Å². The van der Waals surface area contributed by atoms with Crippen molar-refractivity contribution in [1.82, 2.24) is 4.90 Å². The van der Waals surface area contributed by atoms with Gasteiger partial charge in [-0.2, -0.15) is 0 Å². The van der Waals surface area contributed by atoms with Crippen LogP contribution in [0.2, 0.25) is 0 Å². The molecule has 2 atom stereocenters. The fraction of sp³-hybridized carbons (Fsp3) is 0.714. The summed E-state index contributed by atoms with van der Waals surface area (Å²) in [6.45, 7) is 6.36. The second kappa shape index (κ2) is 6.22. The van der Waals surface area contributed by atoms with Crippen molar-refractivity contribution in [1.29, 1.82) is 0 Å². The van der Waals surface area contributed by atoms with Gasteiger partial charge in [-0.15, -0.1) is 0 Å². The zero-order valence-corrected chi connectivity index (χ0v) is 12.8. The molecule has 2 heterocycles. The van der Waals surface area contributed by atoms with E-state index in [0.717, 1.165) is 23.3 Å². The van der Waals surface area contributed by atoms with Crippen molar-refractivity contribution in [3.8, 4) is 0 Å². The zero-order chi connectivity index (χ0) is 13.1. The molecule has 3 nitrogen and oxygen atoms in total. The van der Waals surface area contributed by atoms with Crippen LogP contribution in [0.3, 0.4) is 0 Å². The molecule has 4 heteroatoms. The first-order valence-electron chi connectivity index (χ1n) is 6.83. The zero-order valence-electron chi connectivity index (χ0n) is 11.2. The Morgan fingerprint density at radius 1 is 1.50 bits per heavy atom. The van der Waals surface area contributed by atoms with Crippen molar-refractivity contribution in [2.24, 2.45) is 11.7 Å². The molecule has 1 aliphatic heterocycles. The first-order chi connectivity index (χ1) is 8.65. The van der Waals surface area contributed by atoms with Crippen LogP contribution in [0.25, 0.3) is 0 Å². The van der Waals surface area contributed by atoms with Crippen LogP contribution in [0, 0.1) is 5.92 Å². The van der Waals surface area contributed by atoms with Crippen LogP contribution in [0.1, 0.15) is 44.9 Å². The van der Waals surface area contributed by atoms with Gasteiger partial charge in [0.15, 0.2) is 0 Å². The van der Waals surface area contributed by atoms with Gasteiger partial charge in [0.2, 0.25) is 0 Å². The van der Waals surface area contributed by atoms with E-state index in [2.05, 4.69) is 34.7 Å². The number of nitrogens with two attached hydrogens (primary N) is 1. The van der Waals surface area contributed by atoms with Crippen LogP contribution >= 0.6 is 15.9 Å². The lowest BCUT2D eigenvalue weighted by atomic mass is 9.92. The van der Waals surface area contributed by atoms with Crippen molar-refractivity contribution in [3.05, 3.63) is 22.6 Å². The van der Waals surface area contributed by atoms with E-state index in [4.69, 9.17) is 10.2 Å². The van der Waals surface area contributed by atoms with Crippen LogP contribution < -0.4 is 5.73 Å². The molecule has 18 heavy (non-hydrogen) atoms. The highest BCUT2D eigenvalue weighted by molar-refractivity contribution is 9.10. The van der Waals surface area contributed by atoms with Crippen LogP contribution in [0.4, 0.5) is 0 Å². The molecule has 0 spiro atoms.